The molecule has 0 spiro atoms. The summed E-state index contributed by atoms with van der Waals surface area (Å²) in [5.41, 5.74) is 0.00544. The highest BCUT2D eigenvalue weighted by Gasteiger charge is 2.47. The number of phenols is 2. The van der Waals surface area contributed by atoms with Crippen LogP contribution in [0.4, 0.5) is 0 Å². The van der Waals surface area contributed by atoms with Crippen LogP contribution in [0.15, 0.2) is 51.7 Å². The summed E-state index contributed by atoms with van der Waals surface area (Å²) in [6.07, 6.45) is -14.6. The van der Waals surface area contributed by atoms with E-state index in [1.807, 2.05) is 0 Å². The van der Waals surface area contributed by atoms with E-state index in [2.05, 4.69) is 0 Å². The molecule has 3 aromatic rings. The molecule has 2 fully saturated rings. The summed E-state index contributed by atoms with van der Waals surface area (Å²) in [6.45, 7) is 1.01. The molecule has 2 aliphatic heterocycles. The van der Waals surface area contributed by atoms with Crippen LogP contribution in [-0.2, 0) is 14.2 Å². The van der Waals surface area contributed by atoms with Crippen LogP contribution in [0.3, 0.4) is 0 Å². The predicted octanol–water partition coefficient (Wildman–Crippen LogP) is -1.10. The van der Waals surface area contributed by atoms with Gasteiger partial charge in [0.05, 0.1) is 18.1 Å². The van der Waals surface area contributed by atoms with Crippen molar-refractivity contribution in [1.82, 2.24) is 0 Å². The maximum absolute atomic E-state index is 12.7. The van der Waals surface area contributed by atoms with Crippen LogP contribution in [0.25, 0.3) is 22.3 Å². The number of aromatic hydroxyl groups is 2. The van der Waals surface area contributed by atoms with Gasteiger partial charge in [-0.2, -0.15) is 0 Å². The lowest BCUT2D eigenvalue weighted by atomic mass is 9.98. The number of benzene rings is 2. The number of hydrogen-bond donors (Lipinski definition) is 8. The third-order valence-electron chi connectivity index (χ3n) is 7.11. The molecular weight excluding hydrogens is 548 g/mol. The molecule has 8 N–H and O–H groups in total. The van der Waals surface area contributed by atoms with Crippen molar-refractivity contribution in [3.8, 4) is 28.6 Å². The Bertz CT molecular complexity index is 1440. The predicted molar refractivity (Wildman–Crippen MR) is 137 cm³/mol. The number of rotatable bonds is 6. The van der Waals surface area contributed by atoms with Gasteiger partial charge in [-0.15, -0.1) is 0 Å². The van der Waals surface area contributed by atoms with Crippen LogP contribution >= 0.6 is 0 Å². The normalized spacial score (nSPS) is 34.0. The van der Waals surface area contributed by atoms with Crippen molar-refractivity contribution in [1.29, 1.82) is 0 Å². The van der Waals surface area contributed by atoms with E-state index in [-0.39, 0.29) is 28.2 Å². The summed E-state index contributed by atoms with van der Waals surface area (Å²) in [5, 5.41) is 80.9. The SMILES string of the molecule is C[C@H]1O[C@@H](OC[C@H]2O[C@@H](Oc3ccc4c(=O)cc(-c5ccc(O)c(O)c5)oc4c3)[C@H](O)[C@@H](O)[C@@H]2O)[C@@H](O)[C@@H](O)[C@H]1O. The van der Waals surface area contributed by atoms with Crippen LogP contribution in [-0.4, -0.2) is 109 Å². The average molecular weight is 579 g/mol. The quantitative estimate of drug-likeness (QED) is 0.162. The number of hydrogen-bond acceptors (Lipinski definition) is 14. The maximum Gasteiger partial charge on any atom is 0.229 e. The first-order valence-electron chi connectivity index (χ1n) is 12.7. The molecule has 0 radical (unpaired) electrons. The minimum absolute atomic E-state index is 0.0654. The Hall–Kier alpha value is -3.31. The second kappa shape index (κ2) is 11.5. The second-order valence-electron chi connectivity index (χ2n) is 9.98. The molecule has 0 aliphatic carbocycles. The first kappa shape index (κ1) is 29.2. The van der Waals surface area contributed by atoms with Gasteiger partial charge in [-0.05, 0) is 37.3 Å². The molecule has 0 unspecified atom stereocenters. The van der Waals surface area contributed by atoms with Crippen LogP contribution in [0, 0.1) is 0 Å². The van der Waals surface area contributed by atoms with E-state index in [0.29, 0.717) is 5.56 Å². The highest BCUT2D eigenvalue weighted by molar-refractivity contribution is 5.80. The maximum atomic E-state index is 12.7. The minimum Gasteiger partial charge on any atom is -0.504 e. The minimum atomic E-state index is -1.72. The Morgan fingerprint density at radius 2 is 1.46 bits per heavy atom. The van der Waals surface area contributed by atoms with Gasteiger partial charge in [0, 0.05) is 17.7 Å². The number of fused-ring (bicyclic) bond motifs is 1. The molecule has 0 bridgehead atoms. The first-order chi connectivity index (χ1) is 19.4. The van der Waals surface area contributed by atoms with Crippen molar-refractivity contribution in [3.05, 3.63) is 52.7 Å². The highest BCUT2D eigenvalue weighted by atomic mass is 16.7. The lowest BCUT2D eigenvalue weighted by Crippen LogP contribution is -2.61. The Kier molecular flexibility index (Phi) is 8.20. The molecule has 0 saturated carbocycles. The monoisotopic (exact) mass is 578 g/mol. The molecule has 2 saturated heterocycles. The number of phenolic OH excluding ortho intramolecular Hbond substituents is 2. The van der Waals surface area contributed by atoms with Gasteiger partial charge in [0.15, 0.2) is 23.2 Å². The van der Waals surface area contributed by atoms with Gasteiger partial charge in [0.1, 0.15) is 59.8 Å². The van der Waals surface area contributed by atoms with Gasteiger partial charge in [-0.25, -0.2) is 0 Å². The molecule has 41 heavy (non-hydrogen) atoms. The van der Waals surface area contributed by atoms with Crippen LogP contribution in [0.2, 0.25) is 0 Å². The van der Waals surface area contributed by atoms with E-state index in [4.69, 9.17) is 23.4 Å². The Morgan fingerprint density at radius 3 is 2.20 bits per heavy atom. The van der Waals surface area contributed by atoms with E-state index in [0.717, 1.165) is 0 Å². The zero-order chi connectivity index (χ0) is 29.6. The van der Waals surface area contributed by atoms with Gasteiger partial charge in [0.2, 0.25) is 6.29 Å². The molecule has 2 aliphatic rings. The van der Waals surface area contributed by atoms with Crippen molar-refractivity contribution in [2.45, 2.75) is 68.3 Å². The van der Waals surface area contributed by atoms with Gasteiger partial charge in [-0.1, -0.05) is 0 Å². The number of aliphatic hydroxyl groups is 6. The summed E-state index contributed by atoms with van der Waals surface area (Å²) in [5.74, 6) is -0.588. The summed E-state index contributed by atoms with van der Waals surface area (Å²) in [4.78, 5) is 12.7. The molecule has 3 heterocycles. The van der Waals surface area contributed by atoms with Crippen molar-refractivity contribution in [3.63, 3.8) is 0 Å². The highest BCUT2D eigenvalue weighted by Crippen LogP contribution is 2.32. The summed E-state index contributed by atoms with van der Waals surface area (Å²) >= 11 is 0. The molecular formula is C27H30O14. The van der Waals surface area contributed by atoms with Crippen LogP contribution in [0.1, 0.15) is 6.92 Å². The molecule has 14 heteroatoms. The third kappa shape index (κ3) is 5.74. The zero-order valence-corrected chi connectivity index (χ0v) is 21.5. The lowest BCUT2D eigenvalue weighted by molar-refractivity contribution is -0.318. The fourth-order valence-electron chi connectivity index (χ4n) is 4.65. The topological polar surface area (TPSA) is 229 Å². The summed E-state index contributed by atoms with van der Waals surface area (Å²) in [6, 6.07) is 9.30. The van der Waals surface area contributed by atoms with Gasteiger partial charge in [0.25, 0.3) is 0 Å². The van der Waals surface area contributed by atoms with Crippen LogP contribution in [0.5, 0.6) is 17.2 Å². The van der Waals surface area contributed by atoms with E-state index >= 15 is 0 Å². The molecule has 14 nitrogen and oxygen atoms in total. The van der Waals surface area contributed by atoms with Crippen LogP contribution < -0.4 is 10.2 Å². The average Bonchev–Trinajstić information content (AvgIpc) is 2.95. The van der Waals surface area contributed by atoms with Crippen molar-refractivity contribution >= 4 is 11.0 Å². The summed E-state index contributed by atoms with van der Waals surface area (Å²) < 4.78 is 28.0. The Labute approximate surface area is 231 Å². The standard InChI is InChI=1S/C27H30O14/c1-10-20(31)22(33)24(35)26(38-10)37-9-19-21(32)23(34)25(36)27(41-19)39-12-3-4-13-15(29)8-17(40-18(13)7-12)11-2-5-14(28)16(30)6-11/h2-8,10,19-28,30-36H,9H2,1H3/t10-,19-,20+,21-,22+,23+,24+,25-,26-,27-/m1/s1. The third-order valence-corrected chi connectivity index (χ3v) is 7.11. The van der Waals surface area contributed by atoms with E-state index in [9.17, 15) is 45.6 Å². The fourth-order valence-corrected chi connectivity index (χ4v) is 4.65. The lowest BCUT2D eigenvalue weighted by Gasteiger charge is -2.42. The molecule has 2 aromatic carbocycles. The smallest absolute Gasteiger partial charge is 0.229 e. The number of aliphatic hydroxyl groups excluding tert-OH is 6. The van der Waals surface area contributed by atoms with Gasteiger partial charge >= 0.3 is 0 Å². The molecule has 0 amide bonds. The van der Waals surface area contributed by atoms with E-state index < -0.39 is 79.2 Å². The molecule has 10 atom stereocenters. The Balaban J connectivity index is 1.33. The molecule has 222 valence electrons. The van der Waals surface area contributed by atoms with E-state index in [1.54, 1.807) is 0 Å². The number of ether oxygens (including phenoxy) is 4. The van der Waals surface area contributed by atoms with Gasteiger partial charge < -0.3 is 64.2 Å². The van der Waals surface area contributed by atoms with E-state index in [1.165, 1.54) is 49.4 Å². The Morgan fingerprint density at radius 1 is 0.756 bits per heavy atom. The zero-order valence-electron chi connectivity index (χ0n) is 21.5. The van der Waals surface area contributed by atoms with Gasteiger partial charge in [-0.3, -0.25) is 4.79 Å². The second-order valence-corrected chi connectivity index (χ2v) is 9.98. The van der Waals surface area contributed by atoms with Crippen molar-refractivity contribution < 1.29 is 64.2 Å². The van der Waals surface area contributed by atoms with Crippen molar-refractivity contribution in [2.75, 3.05) is 6.61 Å². The molecule has 1 aromatic heterocycles. The first-order valence-corrected chi connectivity index (χ1v) is 12.7. The largest absolute Gasteiger partial charge is 0.504 e. The van der Waals surface area contributed by atoms with Crippen molar-refractivity contribution in [2.24, 2.45) is 0 Å². The summed E-state index contributed by atoms with van der Waals surface area (Å²) in [7, 11) is 0. The fraction of sp³-hybridized carbons (Fsp3) is 0.444. The molecule has 5 rings (SSSR count).